The molecule has 31 heavy (non-hydrogen) atoms. The first kappa shape index (κ1) is 20.6. The number of anilines is 1. The summed E-state index contributed by atoms with van der Waals surface area (Å²) in [5.41, 5.74) is 1.83. The van der Waals surface area contributed by atoms with Gasteiger partial charge in [-0.05, 0) is 61.4 Å². The maximum atomic E-state index is 12.3. The van der Waals surface area contributed by atoms with Gasteiger partial charge >= 0.3 is 0 Å². The summed E-state index contributed by atoms with van der Waals surface area (Å²) in [6.07, 6.45) is 2.98. The average molecular weight is 432 g/mol. The van der Waals surface area contributed by atoms with Crippen LogP contribution in [0.3, 0.4) is 0 Å². The Morgan fingerprint density at radius 3 is 2.48 bits per heavy atom. The first-order valence-corrected chi connectivity index (χ1v) is 10.2. The highest BCUT2D eigenvalue weighted by atomic mass is 35.5. The lowest BCUT2D eigenvalue weighted by atomic mass is 10.0. The molecule has 0 radical (unpaired) electrons. The molecule has 0 saturated heterocycles. The van der Waals surface area contributed by atoms with Crippen LogP contribution >= 0.6 is 11.6 Å². The number of hydrogen-bond donors (Lipinski definition) is 1. The molecule has 1 aliphatic carbocycles. The van der Waals surface area contributed by atoms with E-state index in [0.29, 0.717) is 27.9 Å². The Labute approximate surface area is 184 Å². The number of carbonyl (C=O) groups excluding carboxylic acids is 2. The number of ketones is 1. The Bertz CT molecular complexity index is 1150. The van der Waals surface area contributed by atoms with E-state index in [1.807, 2.05) is 30.3 Å². The third-order valence-electron chi connectivity index (χ3n) is 4.89. The molecule has 7 heteroatoms. The molecule has 1 unspecified atom stereocenters. The fourth-order valence-corrected chi connectivity index (χ4v) is 3.22. The number of rotatable bonds is 7. The van der Waals surface area contributed by atoms with E-state index in [2.05, 4.69) is 10.3 Å². The van der Waals surface area contributed by atoms with Crippen molar-refractivity contribution in [2.75, 3.05) is 5.32 Å². The number of pyridine rings is 1. The molecule has 3 aromatic rings. The summed E-state index contributed by atoms with van der Waals surface area (Å²) in [5.74, 6) is -1.12. The highest BCUT2D eigenvalue weighted by Gasteiger charge is 2.38. The molecular weight excluding hydrogens is 414 g/mol. The van der Waals surface area contributed by atoms with E-state index in [0.717, 1.165) is 18.4 Å². The second kappa shape index (κ2) is 8.99. The molecule has 2 aromatic carbocycles. The van der Waals surface area contributed by atoms with Crippen LogP contribution < -0.4 is 10.1 Å². The molecule has 6 nitrogen and oxygen atoms in total. The fraction of sp³-hybridized carbons (Fsp3) is 0.167. The lowest BCUT2D eigenvalue weighted by Crippen LogP contribution is -2.29. The standard InChI is InChI=1S/C24H18ClN3O3/c25-16-7-10-18(11-8-16)31-22-4-2-1-3-19(22)21-12-9-17(14-27-21)28-24(30)20(13-26)23(29)15-5-6-15/h1-4,7-12,14-15,20H,5-6H2,(H,28,30). The van der Waals surface area contributed by atoms with Crippen LogP contribution in [0, 0.1) is 23.2 Å². The number of nitrogens with zero attached hydrogens (tertiary/aromatic N) is 2. The van der Waals surface area contributed by atoms with Gasteiger partial charge in [0.25, 0.3) is 0 Å². The number of nitrogens with one attached hydrogen (secondary N) is 1. The Hall–Kier alpha value is -3.69. The van der Waals surface area contributed by atoms with Gasteiger partial charge in [-0.1, -0.05) is 23.7 Å². The van der Waals surface area contributed by atoms with Gasteiger partial charge in [0, 0.05) is 16.5 Å². The first-order valence-electron chi connectivity index (χ1n) is 9.78. The van der Waals surface area contributed by atoms with Crippen molar-refractivity contribution in [3.05, 3.63) is 71.9 Å². The molecular formula is C24H18ClN3O3. The summed E-state index contributed by atoms with van der Waals surface area (Å²) < 4.78 is 5.97. The summed E-state index contributed by atoms with van der Waals surface area (Å²) in [5, 5.41) is 12.4. The summed E-state index contributed by atoms with van der Waals surface area (Å²) in [6.45, 7) is 0. The topological polar surface area (TPSA) is 92.1 Å². The van der Waals surface area contributed by atoms with Crippen LogP contribution in [0.1, 0.15) is 12.8 Å². The third kappa shape index (κ3) is 4.90. The molecule has 1 amide bonds. The number of amides is 1. The molecule has 1 N–H and O–H groups in total. The van der Waals surface area contributed by atoms with Crippen LogP contribution in [0.15, 0.2) is 66.9 Å². The van der Waals surface area contributed by atoms with Crippen molar-refractivity contribution in [3.8, 4) is 28.8 Å². The highest BCUT2D eigenvalue weighted by molar-refractivity contribution is 6.30. The van der Waals surface area contributed by atoms with Crippen LogP contribution in [0.5, 0.6) is 11.5 Å². The second-order valence-electron chi connectivity index (χ2n) is 7.21. The zero-order chi connectivity index (χ0) is 21.8. The second-order valence-corrected chi connectivity index (χ2v) is 7.65. The van der Waals surface area contributed by atoms with Crippen molar-refractivity contribution in [1.82, 2.24) is 4.98 Å². The first-order chi connectivity index (χ1) is 15.0. The van der Waals surface area contributed by atoms with Gasteiger partial charge in [0.15, 0.2) is 11.7 Å². The zero-order valence-corrected chi connectivity index (χ0v) is 17.2. The minimum absolute atomic E-state index is 0.159. The lowest BCUT2D eigenvalue weighted by molar-refractivity contribution is -0.129. The minimum atomic E-state index is -1.29. The number of ether oxygens (including phenoxy) is 1. The minimum Gasteiger partial charge on any atom is -0.457 e. The number of halogens is 1. The van der Waals surface area contributed by atoms with Gasteiger partial charge in [0.05, 0.1) is 23.6 Å². The molecule has 154 valence electrons. The molecule has 1 fully saturated rings. The van der Waals surface area contributed by atoms with Gasteiger partial charge in [-0.2, -0.15) is 5.26 Å². The van der Waals surface area contributed by atoms with Gasteiger partial charge in [0.1, 0.15) is 11.5 Å². The van der Waals surface area contributed by atoms with E-state index in [4.69, 9.17) is 16.3 Å². The molecule has 0 aliphatic heterocycles. The molecule has 4 rings (SSSR count). The van der Waals surface area contributed by atoms with Crippen LogP contribution in [0.4, 0.5) is 5.69 Å². The van der Waals surface area contributed by atoms with E-state index < -0.39 is 11.8 Å². The van der Waals surface area contributed by atoms with Crippen LogP contribution in [-0.4, -0.2) is 16.7 Å². The van der Waals surface area contributed by atoms with Crippen molar-refractivity contribution < 1.29 is 14.3 Å². The monoisotopic (exact) mass is 431 g/mol. The average Bonchev–Trinajstić information content (AvgIpc) is 3.62. The SMILES string of the molecule is N#CC(C(=O)Nc1ccc(-c2ccccc2Oc2ccc(Cl)cc2)nc1)C(=O)C1CC1. The van der Waals surface area contributed by atoms with Gasteiger partial charge in [-0.15, -0.1) is 0 Å². The van der Waals surface area contributed by atoms with Crippen LogP contribution in [0.25, 0.3) is 11.3 Å². The normalized spacial score (nSPS) is 13.7. The van der Waals surface area contributed by atoms with Gasteiger partial charge in [-0.25, -0.2) is 0 Å². The van der Waals surface area contributed by atoms with E-state index in [-0.39, 0.29) is 11.7 Å². The zero-order valence-electron chi connectivity index (χ0n) is 16.4. The summed E-state index contributed by atoms with van der Waals surface area (Å²) in [4.78, 5) is 28.8. The van der Waals surface area contributed by atoms with Gasteiger partial charge < -0.3 is 10.1 Å². The Morgan fingerprint density at radius 1 is 1.10 bits per heavy atom. The van der Waals surface area contributed by atoms with E-state index in [1.54, 1.807) is 36.4 Å². The van der Waals surface area contributed by atoms with E-state index in [1.165, 1.54) is 6.20 Å². The maximum absolute atomic E-state index is 12.3. The summed E-state index contributed by atoms with van der Waals surface area (Å²) in [7, 11) is 0. The smallest absolute Gasteiger partial charge is 0.249 e. The fourth-order valence-electron chi connectivity index (χ4n) is 3.09. The number of hydrogen-bond acceptors (Lipinski definition) is 5. The molecule has 0 spiro atoms. The Morgan fingerprint density at radius 2 is 1.84 bits per heavy atom. The number of nitriles is 1. The number of carbonyl (C=O) groups is 2. The van der Waals surface area contributed by atoms with Gasteiger partial charge in [-0.3, -0.25) is 14.6 Å². The molecule has 1 aromatic heterocycles. The van der Waals surface area contributed by atoms with Crippen LogP contribution in [0.2, 0.25) is 5.02 Å². The Balaban J connectivity index is 1.49. The van der Waals surface area contributed by atoms with Crippen molar-refractivity contribution in [1.29, 1.82) is 5.26 Å². The van der Waals surface area contributed by atoms with Crippen molar-refractivity contribution in [2.45, 2.75) is 12.8 Å². The molecule has 0 bridgehead atoms. The largest absolute Gasteiger partial charge is 0.457 e. The van der Waals surface area contributed by atoms with Gasteiger partial charge in [0.2, 0.25) is 5.91 Å². The van der Waals surface area contributed by atoms with Crippen molar-refractivity contribution in [2.24, 2.45) is 11.8 Å². The number of para-hydroxylation sites is 1. The lowest BCUT2D eigenvalue weighted by Gasteiger charge is -2.12. The van der Waals surface area contributed by atoms with E-state index >= 15 is 0 Å². The Kier molecular flexibility index (Phi) is 5.96. The van der Waals surface area contributed by atoms with E-state index in [9.17, 15) is 14.9 Å². The third-order valence-corrected chi connectivity index (χ3v) is 5.14. The summed E-state index contributed by atoms with van der Waals surface area (Å²) in [6, 6.07) is 19.7. The molecule has 1 heterocycles. The van der Waals surface area contributed by atoms with Crippen molar-refractivity contribution >= 4 is 29.0 Å². The maximum Gasteiger partial charge on any atom is 0.249 e. The highest BCUT2D eigenvalue weighted by Crippen LogP contribution is 2.34. The molecule has 1 aliphatic rings. The predicted molar refractivity (Wildman–Crippen MR) is 117 cm³/mol. The van der Waals surface area contributed by atoms with Crippen LogP contribution in [-0.2, 0) is 9.59 Å². The summed E-state index contributed by atoms with van der Waals surface area (Å²) >= 11 is 5.93. The number of aromatic nitrogens is 1. The number of Topliss-reactive ketones (excluding diaryl/α,β-unsaturated/α-hetero) is 1. The van der Waals surface area contributed by atoms with Crippen molar-refractivity contribution in [3.63, 3.8) is 0 Å². The molecule has 1 saturated carbocycles. The number of benzene rings is 2. The predicted octanol–water partition coefficient (Wildman–Crippen LogP) is 5.25. The molecule has 1 atom stereocenters. The quantitative estimate of drug-likeness (QED) is 0.515.